The first-order valence-electron chi connectivity index (χ1n) is 6.95. The van der Waals surface area contributed by atoms with Gasteiger partial charge in [0, 0.05) is 17.1 Å². The highest BCUT2D eigenvalue weighted by Crippen LogP contribution is 2.21. The molecule has 2 N–H and O–H groups in total. The van der Waals surface area contributed by atoms with Gasteiger partial charge in [0.05, 0.1) is 0 Å². The van der Waals surface area contributed by atoms with Crippen molar-refractivity contribution in [2.45, 2.75) is 46.2 Å². The van der Waals surface area contributed by atoms with Gasteiger partial charge in [0.25, 0.3) is 0 Å². The van der Waals surface area contributed by atoms with E-state index in [4.69, 9.17) is 5.73 Å². The first kappa shape index (κ1) is 16.7. The summed E-state index contributed by atoms with van der Waals surface area (Å²) in [6.45, 7) is 8.75. The summed E-state index contributed by atoms with van der Waals surface area (Å²) in [5.41, 5.74) is 7.84. The summed E-state index contributed by atoms with van der Waals surface area (Å²) in [7, 11) is 2.16. The first-order valence-corrected chi connectivity index (χ1v) is 7.75. The average molecular weight is 327 g/mol. The van der Waals surface area contributed by atoms with E-state index in [2.05, 4.69) is 66.8 Å². The second kappa shape index (κ2) is 7.41. The van der Waals surface area contributed by atoms with Crippen molar-refractivity contribution in [1.29, 1.82) is 0 Å². The molecule has 1 unspecified atom stereocenters. The molecule has 0 aromatic heterocycles. The normalized spacial score (nSPS) is 13.8. The number of benzene rings is 1. The highest BCUT2D eigenvalue weighted by atomic mass is 79.9. The van der Waals surface area contributed by atoms with E-state index in [1.54, 1.807) is 0 Å². The van der Waals surface area contributed by atoms with Crippen LogP contribution in [0.1, 0.15) is 39.2 Å². The minimum absolute atomic E-state index is 0.293. The molecule has 0 aliphatic rings. The smallest absolute Gasteiger partial charge is 0.0241 e. The molecule has 0 fully saturated rings. The third-order valence-electron chi connectivity index (χ3n) is 3.15. The van der Waals surface area contributed by atoms with Crippen LogP contribution in [0.25, 0.3) is 0 Å². The van der Waals surface area contributed by atoms with Gasteiger partial charge in [-0.15, -0.1) is 0 Å². The Hall–Kier alpha value is -0.380. The quantitative estimate of drug-likeness (QED) is 0.854. The van der Waals surface area contributed by atoms with Crippen LogP contribution in [-0.4, -0.2) is 24.5 Å². The van der Waals surface area contributed by atoms with E-state index >= 15 is 0 Å². The molecule has 0 aliphatic carbocycles. The van der Waals surface area contributed by atoms with Crippen molar-refractivity contribution in [2.75, 3.05) is 13.6 Å². The van der Waals surface area contributed by atoms with Crippen molar-refractivity contribution >= 4 is 15.9 Å². The Morgan fingerprint density at radius 3 is 2.47 bits per heavy atom. The molecule has 108 valence electrons. The fourth-order valence-corrected chi connectivity index (χ4v) is 2.68. The van der Waals surface area contributed by atoms with Crippen LogP contribution in [0.4, 0.5) is 0 Å². The summed E-state index contributed by atoms with van der Waals surface area (Å²) in [5, 5.41) is 0. The van der Waals surface area contributed by atoms with Crippen molar-refractivity contribution in [2.24, 2.45) is 11.1 Å². The lowest BCUT2D eigenvalue weighted by molar-refractivity contribution is 0.277. The molecule has 0 heterocycles. The van der Waals surface area contributed by atoms with Gasteiger partial charge in [-0.05, 0) is 43.5 Å². The second-order valence-corrected chi connectivity index (χ2v) is 7.50. The van der Waals surface area contributed by atoms with E-state index in [9.17, 15) is 0 Å². The van der Waals surface area contributed by atoms with E-state index in [0.29, 0.717) is 11.5 Å². The monoisotopic (exact) mass is 326 g/mol. The topological polar surface area (TPSA) is 29.3 Å². The number of hydrogen-bond acceptors (Lipinski definition) is 2. The van der Waals surface area contributed by atoms with Crippen LogP contribution in [0.2, 0.25) is 0 Å². The van der Waals surface area contributed by atoms with Gasteiger partial charge in [-0.3, -0.25) is 0 Å². The molecule has 1 aromatic carbocycles. The zero-order valence-electron chi connectivity index (χ0n) is 12.6. The Morgan fingerprint density at radius 2 is 1.89 bits per heavy atom. The lowest BCUT2D eigenvalue weighted by atomic mass is 9.87. The van der Waals surface area contributed by atoms with Crippen molar-refractivity contribution in [3.8, 4) is 0 Å². The number of halogens is 1. The largest absolute Gasteiger partial charge is 0.328 e. The third-order valence-corrected chi connectivity index (χ3v) is 3.93. The predicted octanol–water partition coefficient (Wildman–Crippen LogP) is 4.03. The van der Waals surface area contributed by atoms with Crippen molar-refractivity contribution in [3.05, 3.63) is 34.3 Å². The number of rotatable bonds is 6. The lowest BCUT2D eigenvalue weighted by Gasteiger charge is -2.25. The van der Waals surface area contributed by atoms with E-state index in [-0.39, 0.29) is 0 Å². The SMILES string of the molecule is CN(CCC(N)CC(C)(C)C)Cc1ccccc1Br. The maximum atomic E-state index is 6.20. The Labute approximate surface area is 126 Å². The van der Waals surface area contributed by atoms with Crippen LogP contribution >= 0.6 is 15.9 Å². The molecular weight excluding hydrogens is 300 g/mol. The van der Waals surface area contributed by atoms with Crippen LogP contribution in [0.3, 0.4) is 0 Å². The molecule has 2 nitrogen and oxygen atoms in total. The first-order chi connectivity index (χ1) is 8.78. The zero-order valence-corrected chi connectivity index (χ0v) is 14.2. The van der Waals surface area contributed by atoms with Crippen molar-refractivity contribution < 1.29 is 0 Å². The average Bonchev–Trinajstić information content (AvgIpc) is 2.27. The van der Waals surface area contributed by atoms with Crippen molar-refractivity contribution in [3.63, 3.8) is 0 Å². The number of hydrogen-bond donors (Lipinski definition) is 1. The van der Waals surface area contributed by atoms with Gasteiger partial charge in [-0.1, -0.05) is 54.9 Å². The van der Waals surface area contributed by atoms with E-state index in [1.165, 1.54) is 10.0 Å². The van der Waals surface area contributed by atoms with Crippen LogP contribution in [0, 0.1) is 5.41 Å². The van der Waals surface area contributed by atoms with Crippen LogP contribution in [0.5, 0.6) is 0 Å². The standard InChI is InChI=1S/C16H27BrN2/c1-16(2,3)11-14(18)9-10-19(4)12-13-7-5-6-8-15(13)17/h5-8,14H,9-12,18H2,1-4H3. The van der Waals surface area contributed by atoms with Crippen LogP contribution in [0.15, 0.2) is 28.7 Å². The number of nitrogens with zero attached hydrogens (tertiary/aromatic N) is 1. The van der Waals surface area contributed by atoms with Gasteiger partial charge in [0.2, 0.25) is 0 Å². The Kier molecular flexibility index (Phi) is 6.51. The molecular formula is C16H27BrN2. The van der Waals surface area contributed by atoms with Gasteiger partial charge in [-0.25, -0.2) is 0 Å². The van der Waals surface area contributed by atoms with Gasteiger partial charge in [0.1, 0.15) is 0 Å². The van der Waals surface area contributed by atoms with Gasteiger partial charge >= 0.3 is 0 Å². The second-order valence-electron chi connectivity index (χ2n) is 6.64. The van der Waals surface area contributed by atoms with E-state index < -0.39 is 0 Å². The van der Waals surface area contributed by atoms with Crippen LogP contribution < -0.4 is 5.73 Å². The molecule has 1 rings (SSSR count). The molecule has 1 aromatic rings. The highest BCUT2D eigenvalue weighted by molar-refractivity contribution is 9.10. The molecule has 0 bridgehead atoms. The molecule has 1 atom stereocenters. The third kappa shape index (κ3) is 7.09. The molecule has 0 aliphatic heterocycles. The van der Waals surface area contributed by atoms with Gasteiger partial charge in [0.15, 0.2) is 0 Å². The molecule has 0 spiro atoms. The summed E-state index contributed by atoms with van der Waals surface area (Å²) in [4.78, 5) is 2.34. The summed E-state index contributed by atoms with van der Waals surface area (Å²) in [5.74, 6) is 0. The van der Waals surface area contributed by atoms with E-state index in [0.717, 1.165) is 25.9 Å². The predicted molar refractivity (Wildman–Crippen MR) is 87.1 cm³/mol. The van der Waals surface area contributed by atoms with E-state index in [1.807, 2.05) is 6.07 Å². The van der Waals surface area contributed by atoms with Crippen LogP contribution in [-0.2, 0) is 6.54 Å². The summed E-state index contributed by atoms with van der Waals surface area (Å²) >= 11 is 3.59. The molecule has 0 saturated carbocycles. The van der Waals surface area contributed by atoms with Gasteiger partial charge < -0.3 is 10.6 Å². The maximum Gasteiger partial charge on any atom is 0.0241 e. The maximum absolute atomic E-state index is 6.20. The zero-order chi connectivity index (χ0) is 14.5. The Balaban J connectivity index is 2.36. The molecule has 19 heavy (non-hydrogen) atoms. The molecule has 3 heteroatoms. The summed E-state index contributed by atoms with van der Waals surface area (Å²) in [6, 6.07) is 8.68. The van der Waals surface area contributed by atoms with Gasteiger partial charge in [-0.2, -0.15) is 0 Å². The summed E-state index contributed by atoms with van der Waals surface area (Å²) < 4.78 is 1.18. The fourth-order valence-electron chi connectivity index (χ4n) is 2.27. The minimum Gasteiger partial charge on any atom is -0.328 e. The summed E-state index contributed by atoms with van der Waals surface area (Å²) in [6.07, 6.45) is 2.13. The number of nitrogens with two attached hydrogens (primary N) is 1. The molecule has 0 amide bonds. The Bertz CT molecular complexity index is 385. The Morgan fingerprint density at radius 1 is 1.26 bits per heavy atom. The molecule has 0 saturated heterocycles. The highest BCUT2D eigenvalue weighted by Gasteiger charge is 2.16. The molecule has 0 radical (unpaired) electrons. The van der Waals surface area contributed by atoms with Crippen molar-refractivity contribution in [1.82, 2.24) is 4.90 Å². The lowest BCUT2D eigenvalue weighted by Crippen LogP contribution is -2.31. The minimum atomic E-state index is 0.293. The fraction of sp³-hybridized carbons (Fsp3) is 0.625.